The van der Waals surface area contributed by atoms with E-state index >= 15 is 0 Å². The van der Waals surface area contributed by atoms with Crippen LogP contribution in [-0.4, -0.2) is 41.5 Å². The van der Waals surface area contributed by atoms with Crippen molar-refractivity contribution in [2.24, 2.45) is 0 Å². The fourth-order valence-electron chi connectivity index (χ4n) is 2.99. The van der Waals surface area contributed by atoms with Crippen molar-refractivity contribution in [1.82, 2.24) is 15.2 Å². The fraction of sp³-hybridized carbons (Fsp3) is 0.211. The summed E-state index contributed by atoms with van der Waals surface area (Å²) in [5.74, 6) is 0.170. The molecule has 1 aromatic heterocycles. The maximum Gasteiger partial charge on any atom is 0.325 e. The Hall–Kier alpha value is -3.06. The van der Waals surface area contributed by atoms with Crippen LogP contribution in [0.5, 0.6) is 0 Å². The number of nitrogens with zero attached hydrogens (tertiary/aromatic N) is 3. The quantitative estimate of drug-likeness (QED) is 0.733. The first-order chi connectivity index (χ1) is 13.1. The van der Waals surface area contributed by atoms with Crippen molar-refractivity contribution < 1.29 is 14.0 Å². The zero-order valence-electron chi connectivity index (χ0n) is 14.4. The minimum absolute atomic E-state index is 0.0108. The molecule has 0 bridgehead atoms. The molecule has 1 fully saturated rings. The molecule has 8 heteroatoms. The first-order valence-corrected chi connectivity index (χ1v) is 8.91. The van der Waals surface area contributed by atoms with Crippen LogP contribution in [0.4, 0.5) is 10.5 Å². The lowest BCUT2D eigenvalue weighted by molar-refractivity contribution is -0.121. The molecule has 3 amide bonds. The minimum Gasteiger partial charge on any atom is -0.439 e. The summed E-state index contributed by atoms with van der Waals surface area (Å²) in [6.45, 7) is 1.18. The summed E-state index contributed by atoms with van der Waals surface area (Å²) in [5.41, 5.74) is 2.18. The molecule has 1 aliphatic rings. The number of hydrogen-bond donors (Lipinski definition) is 1. The summed E-state index contributed by atoms with van der Waals surface area (Å²) in [6, 6.07) is 14.3. The Bertz CT molecular complexity index is 953. The largest absolute Gasteiger partial charge is 0.439 e. The molecular formula is C19H17ClN4O3. The number of para-hydroxylation sites is 2. The highest BCUT2D eigenvalue weighted by Gasteiger charge is 2.30. The molecule has 1 aliphatic heterocycles. The van der Waals surface area contributed by atoms with Crippen LogP contribution in [0, 0.1) is 0 Å². The number of fused-ring (bicyclic) bond motifs is 1. The van der Waals surface area contributed by atoms with Crippen molar-refractivity contribution >= 4 is 40.3 Å². The van der Waals surface area contributed by atoms with Gasteiger partial charge in [-0.2, -0.15) is 0 Å². The Labute approximate surface area is 160 Å². The fourth-order valence-corrected chi connectivity index (χ4v) is 3.11. The first-order valence-electron chi connectivity index (χ1n) is 8.53. The van der Waals surface area contributed by atoms with Gasteiger partial charge in [0.1, 0.15) is 12.1 Å². The van der Waals surface area contributed by atoms with Crippen molar-refractivity contribution in [3.63, 3.8) is 0 Å². The van der Waals surface area contributed by atoms with Gasteiger partial charge in [-0.25, -0.2) is 9.78 Å². The lowest BCUT2D eigenvalue weighted by Gasteiger charge is -2.18. The number of benzene rings is 2. The first kappa shape index (κ1) is 17.4. The number of amides is 3. The van der Waals surface area contributed by atoms with Crippen LogP contribution >= 0.6 is 11.6 Å². The molecule has 0 unspecified atom stereocenters. The average molecular weight is 385 g/mol. The highest BCUT2D eigenvalue weighted by atomic mass is 35.5. The Morgan fingerprint density at radius 2 is 1.93 bits per heavy atom. The zero-order valence-corrected chi connectivity index (χ0v) is 15.1. The van der Waals surface area contributed by atoms with E-state index in [-0.39, 0.29) is 25.0 Å². The van der Waals surface area contributed by atoms with Gasteiger partial charge in [0.25, 0.3) is 0 Å². The van der Waals surface area contributed by atoms with Crippen molar-refractivity contribution in [2.45, 2.75) is 6.54 Å². The van der Waals surface area contributed by atoms with E-state index in [1.807, 2.05) is 24.3 Å². The SMILES string of the molecule is O=C(CN1CCN(c2ccc(Cl)cc2)C1=O)NCc1nc2ccccc2o1. The van der Waals surface area contributed by atoms with Crippen LogP contribution in [0.25, 0.3) is 11.1 Å². The molecule has 3 aromatic rings. The second-order valence-corrected chi connectivity index (χ2v) is 6.62. The number of rotatable bonds is 5. The number of halogens is 1. The predicted molar refractivity (Wildman–Crippen MR) is 102 cm³/mol. The molecule has 27 heavy (non-hydrogen) atoms. The molecule has 2 aromatic carbocycles. The van der Waals surface area contributed by atoms with Crippen molar-refractivity contribution in [2.75, 3.05) is 24.5 Å². The second-order valence-electron chi connectivity index (χ2n) is 6.18. The summed E-state index contributed by atoms with van der Waals surface area (Å²) in [5, 5.41) is 3.36. The molecule has 4 rings (SSSR count). The summed E-state index contributed by atoms with van der Waals surface area (Å²) in [6.07, 6.45) is 0. The van der Waals surface area contributed by atoms with Gasteiger partial charge >= 0.3 is 6.03 Å². The standard InChI is InChI=1S/C19H17ClN4O3/c20-13-5-7-14(8-6-13)24-10-9-23(19(24)26)12-17(25)21-11-18-22-15-3-1-2-4-16(15)27-18/h1-8H,9-12H2,(H,21,25). The number of nitrogens with one attached hydrogen (secondary N) is 1. The molecule has 0 radical (unpaired) electrons. The second kappa shape index (κ2) is 7.28. The van der Waals surface area contributed by atoms with E-state index in [0.717, 1.165) is 11.2 Å². The highest BCUT2D eigenvalue weighted by Crippen LogP contribution is 2.22. The molecule has 1 N–H and O–H groups in total. The van der Waals surface area contributed by atoms with Gasteiger partial charge in [-0.3, -0.25) is 9.69 Å². The van der Waals surface area contributed by atoms with Crippen LogP contribution in [-0.2, 0) is 11.3 Å². The van der Waals surface area contributed by atoms with E-state index in [9.17, 15) is 9.59 Å². The van der Waals surface area contributed by atoms with Crippen LogP contribution in [0.1, 0.15) is 5.89 Å². The van der Waals surface area contributed by atoms with E-state index in [1.54, 1.807) is 29.2 Å². The number of aromatic nitrogens is 1. The van der Waals surface area contributed by atoms with Crippen LogP contribution in [0.2, 0.25) is 5.02 Å². The molecular weight excluding hydrogens is 368 g/mol. The van der Waals surface area contributed by atoms with Gasteiger partial charge in [-0.05, 0) is 36.4 Å². The van der Waals surface area contributed by atoms with E-state index in [0.29, 0.717) is 29.6 Å². The summed E-state index contributed by atoms with van der Waals surface area (Å²) in [7, 11) is 0. The number of hydrogen-bond acceptors (Lipinski definition) is 4. The van der Waals surface area contributed by atoms with Gasteiger partial charge in [0.15, 0.2) is 5.58 Å². The Morgan fingerprint density at radius 1 is 1.15 bits per heavy atom. The molecule has 0 spiro atoms. The third-order valence-electron chi connectivity index (χ3n) is 4.34. The van der Waals surface area contributed by atoms with Gasteiger partial charge in [-0.15, -0.1) is 0 Å². The molecule has 0 atom stereocenters. The summed E-state index contributed by atoms with van der Waals surface area (Å²) >= 11 is 5.88. The Morgan fingerprint density at radius 3 is 2.70 bits per heavy atom. The number of anilines is 1. The van der Waals surface area contributed by atoms with Crippen LogP contribution < -0.4 is 10.2 Å². The minimum atomic E-state index is -0.261. The number of carbonyl (C=O) groups excluding carboxylic acids is 2. The number of urea groups is 1. The smallest absolute Gasteiger partial charge is 0.325 e. The van der Waals surface area contributed by atoms with Crippen molar-refractivity contribution in [1.29, 1.82) is 0 Å². The molecule has 7 nitrogen and oxygen atoms in total. The monoisotopic (exact) mass is 384 g/mol. The lowest BCUT2D eigenvalue weighted by Crippen LogP contribution is -2.39. The molecule has 2 heterocycles. The predicted octanol–water partition coefficient (Wildman–Crippen LogP) is 3.04. The average Bonchev–Trinajstić information content (AvgIpc) is 3.24. The molecule has 0 saturated carbocycles. The van der Waals surface area contributed by atoms with Crippen molar-refractivity contribution in [3.05, 3.63) is 59.4 Å². The van der Waals surface area contributed by atoms with Gasteiger partial charge in [0.05, 0.1) is 6.54 Å². The van der Waals surface area contributed by atoms with Gasteiger partial charge in [0, 0.05) is 23.8 Å². The molecule has 138 valence electrons. The highest BCUT2D eigenvalue weighted by molar-refractivity contribution is 6.30. The topological polar surface area (TPSA) is 78.7 Å². The van der Waals surface area contributed by atoms with E-state index in [4.69, 9.17) is 16.0 Å². The summed E-state index contributed by atoms with van der Waals surface area (Å²) < 4.78 is 5.57. The zero-order chi connectivity index (χ0) is 18.8. The van der Waals surface area contributed by atoms with Crippen LogP contribution in [0.15, 0.2) is 52.9 Å². The van der Waals surface area contributed by atoms with Gasteiger partial charge < -0.3 is 14.6 Å². The van der Waals surface area contributed by atoms with Crippen LogP contribution in [0.3, 0.4) is 0 Å². The number of carbonyl (C=O) groups is 2. The normalized spacial score (nSPS) is 14.2. The maximum absolute atomic E-state index is 12.5. The molecule has 0 aliphatic carbocycles. The molecule has 1 saturated heterocycles. The van der Waals surface area contributed by atoms with E-state index < -0.39 is 0 Å². The van der Waals surface area contributed by atoms with E-state index in [2.05, 4.69) is 10.3 Å². The maximum atomic E-state index is 12.5. The van der Waals surface area contributed by atoms with E-state index in [1.165, 1.54) is 4.90 Å². The third kappa shape index (κ3) is 3.73. The number of oxazole rings is 1. The van der Waals surface area contributed by atoms with Gasteiger partial charge in [0.2, 0.25) is 11.8 Å². The lowest BCUT2D eigenvalue weighted by atomic mass is 10.3. The van der Waals surface area contributed by atoms with Gasteiger partial charge in [-0.1, -0.05) is 23.7 Å². The Balaban J connectivity index is 1.33. The summed E-state index contributed by atoms with van der Waals surface area (Å²) in [4.78, 5) is 32.2. The van der Waals surface area contributed by atoms with Crippen molar-refractivity contribution in [3.8, 4) is 0 Å². The Kier molecular flexibility index (Phi) is 4.68. The third-order valence-corrected chi connectivity index (χ3v) is 4.59.